The van der Waals surface area contributed by atoms with Crippen LogP contribution in [0.15, 0.2) is 35.5 Å². The molecule has 1 aliphatic carbocycles. The molecule has 0 aromatic rings. The summed E-state index contributed by atoms with van der Waals surface area (Å²) in [5.74, 6) is -0.0444. The predicted molar refractivity (Wildman–Crippen MR) is 68.5 cm³/mol. The molecule has 1 aliphatic heterocycles. The van der Waals surface area contributed by atoms with Gasteiger partial charge in [0.1, 0.15) is 6.10 Å². The molecule has 0 aromatic heterocycles. The van der Waals surface area contributed by atoms with Gasteiger partial charge in [-0.3, -0.25) is 0 Å². The molecule has 2 atom stereocenters. The first-order chi connectivity index (χ1) is 8.08. The molecular formula is C15H20O2. The molecule has 0 spiro atoms. The Morgan fingerprint density at radius 2 is 2.06 bits per heavy atom. The largest absolute Gasteiger partial charge is 0.458 e. The molecular weight excluding hydrogens is 212 g/mol. The summed E-state index contributed by atoms with van der Waals surface area (Å²) >= 11 is 0. The minimum absolute atomic E-state index is 0.00611. The van der Waals surface area contributed by atoms with Gasteiger partial charge in [-0.05, 0) is 33.1 Å². The maximum absolute atomic E-state index is 11.6. The first-order valence-corrected chi connectivity index (χ1v) is 6.29. The summed E-state index contributed by atoms with van der Waals surface area (Å²) in [4.78, 5) is 11.6. The Labute approximate surface area is 103 Å². The Bertz CT molecular complexity index is 401. The first kappa shape index (κ1) is 12.2. The van der Waals surface area contributed by atoms with E-state index in [1.54, 1.807) is 0 Å². The Hall–Kier alpha value is -1.31. The first-order valence-electron chi connectivity index (χ1n) is 6.29. The highest BCUT2D eigenvalue weighted by atomic mass is 16.6. The van der Waals surface area contributed by atoms with Gasteiger partial charge in [0, 0.05) is 17.9 Å². The third kappa shape index (κ3) is 2.68. The molecule has 0 bridgehead atoms. The lowest BCUT2D eigenvalue weighted by molar-refractivity contribution is -0.139. The van der Waals surface area contributed by atoms with E-state index in [0.717, 1.165) is 25.7 Å². The maximum atomic E-state index is 11.6. The van der Waals surface area contributed by atoms with Crippen molar-refractivity contribution in [1.29, 1.82) is 0 Å². The van der Waals surface area contributed by atoms with E-state index in [1.165, 1.54) is 11.1 Å². The zero-order valence-electron chi connectivity index (χ0n) is 10.7. The summed E-state index contributed by atoms with van der Waals surface area (Å²) in [6.45, 7) is 8.14. The molecule has 0 unspecified atom stereocenters. The van der Waals surface area contributed by atoms with Crippen LogP contribution in [-0.2, 0) is 9.53 Å². The molecule has 17 heavy (non-hydrogen) atoms. The summed E-state index contributed by atoms with van der Waals surface area (Å²) < 4.78 is 5.41. The van der Waals surface area contributed by atoms with Gasteiger partial charge in [0.05, 0.1) is 0 Å². The van der Waals surface area contributed by atoms with Gasteiger partial charge in [0.15, 0.2) is 0 Å². The van der Waals surface area contributed by atoms with Gasteiger partial charge in [-0.1, -0.05) is 29.9 Å². The van der Waals surface area contributed by atoms with Crippen LogP contribution in [0, 0.1) is 5.92 Å². The molecule has 0 radical (unpaired) electrons. The van der Waals surface area contributed by atoms with Crippen molar-refractivity contribution in [2.75, 3.05) is 0 Å². The zero-order chi connectivity index (χ0) is 12.4. The van der Waals surface area contributed by atoms with Crippen molar-refractivity contribution in [1.82, 2.24) is 0 Å². The second-order valence-corrected chi connectivity index (χ2v) is 5.15. The van der Waals surface area contributed by atoms with Crippen LogP contribution < -0.4 is 0 Å². The summed E-state index contributed by atoms with van der Waals surface area (Å²) in [5, 5.41) is 0. The molecule has 1 heterocycles. The van der Waals surface area contributed by atoms with Gasteiger partial charge in [0.25, 0.3) is 0 Å². The number of esters is 1. The molecule has 92 valence electrons. The number of rotatable bonds is 0. The van der Waals surface area contributed by atoms with Crippen molar-refractivity contribution in [2.24, 2.45) is 5.92 Å². The standard InChI is InChI=1S/C15H20O2/c1-10-5-4-6-11(2)9-14-13(8-7-10)12(3)15(16)17-14/h6-7,13-14H,3-5,8-9H2,1-2H3/b10-7+,11-6+/t13-,14-/m1/s1. The molecule has 2 rings (SSSR count). The van der Waals surface area contributed by atoms with E-state index in [-0.39, 0.29) is 18.0 Å². The zero-order valence-corrected chi connectivity index (χ0v) is 10.7. The van der Waals surface area contributed by atoms with Crippen LogP contribution in [0.2, 0.25) is 0 Å². The molecule has 1 saturated heterocycles. The second kappa shape index (κ2) is 4.91. The molecule has 1 fully saturated rings. The van der Waals surface area contributed by atoms with E-state index in [2.05, 4.69) is 32.6 Å². The number of carbonyl (C=O) groups excluding carboxylic acids is 1. The third-order valence-electron chi connectivity index (χ3n) is 3.69. The Balaban J connectivity index is 2.23. The number of allylic oxidation sites excluding steroid dienone is 3. The van der Waals surface area contributed by atoms with Gasteiger partial charge in [-0.2, -0.15) is 0 Å². The van der Waals surface area contributed by atoms with Crippen LogP contribution in [-0.4, -0.2) is 12.1 Å². The summed E-state index contributed by atoms with van der Waals surface area (Å²) in [6.07, 6.45) is 8.41. The van der Waals surface area contributed by atoms with E-state index in [9.17, 15) is 4.79 Å². The summed E-state index contributed by atoms with van der Waals surface area (Å²) in [5.41, 5.74) is 3.35. The van der Waals surface area contributed by atoms with Crippen LogP contribution >= 0.6 is 0 Å². The minimum atomic E-state index is -0.210. The second-order valence-electron chi connectivity index (χ2n) is 5.15. The van der Waals surface area contributed by atoms with Crippen molar-refractivity contribution in [3.8, 4) is 0 Å². The van der Waals surface area contributed by atoms with Crippen LogP contribution in [0.25, 0.3) is 0 Å². The normalized spacial score (nSPS) is 36.4. The van der Waals surface area contributed by atoms with Gasteiger partial charge >= 0.3 is 5.97 Å². The highest BCUT2D eigenvalue weighted by Gasteiger charge is 2.37. The molecule has 0 aromatic carbocycles. The average Bonchev–Trinajstić information content (AvgIpc) is 2.52. The van der Waals surface area contributed by atoms with E-state index in [0.29, 0.717) is 5.57 Å². The fourth-order valence-electron chi connectivity index (χ4n) is 2.53. The molecule has 2 heteroatoms. The lowest BCUT2D eigenvalue weighted by Gasteiger charge is -2.18. The Morgan fingerprint density at radius 1 is 1.29 bits per heavy atom. The number of carbonyl (C=O) groups is 1. The third-order valence-corrected chi connectivity index (χ3v) is 3.69. The molecule has 2 nitrogen and oxygen atoms in total. The van der Waals surface area contributed by atoms with E-state index in [4.69, 9.17) is 4.74 Å². The summed E-state index contributed by atoms with van der Waals surface area (Å²) in [6, 6.07) is 0. The number of fused-ring (bicyclic) bond motifs is 1. The van der Waals surface area contributed by atoms with E-state index in [1.807, 2.05) is 0 Å². The fourth-order valence-corrected chi connectivity index (χ4v) is 2.53. The summed E-state index contributed by atoms with van der Waals surface area (Å²) in [7, 11) is 0. The smallest absolute Gasteiger partial charge is 0.334 e. The van der Waals surface area contributed by atoms with Crippen LogP contribution in [0.4, 0.5) is 0 Å². The van der Waals surface area contributed by atoms with Crippen molar-refractivity contribution in [2.45, 2.75) is 45.6 Å². The van der Waals surface area contributed by atoms with E-state index >= 15 is 0 Å². The topological polar surface area (TPSA) is 26.3 Å². The molecule has 2 aliphatic rings. The van der Waals surface area contributed by atoms with Crippen LogP contribution in [0.1, 0.15) is 39.5 Å². The lowest BCUT2D eigenvalue weighted by Crippen LogP contribution is -2.17. The van der Waals surface area contributed by atoms with Crippen LogP contribution in [0.3, 0.4) is 0 Å². The number of hydrogen-bond acceptors (Lipinski definition) is 2. The van der Waals surface area contributed by atoms with Gasteiger partial charge in [-0.25, -0.2) is 4.79 Å². The Kier molecular flexibility index (Phi) is 3.51. The lowest BCUT2D eigenvalue weighted by atomic mass is 9.88. The minimum Gasteiger partial charge on any atom is -0.458 e. The Morgan fingerprint density at radius 3 is 2.82 bits per heavy atom. The molecule has 0 N–H and O–H groups in total. The van der Waals surface area contributed by atoms with E-state index < -0.39 is 0 Å². The number of ether oxygens (including phenoxy) is 1. The molecule has 0 saturated carbocycles. The highest BCUT2D eigenvalue weighted by Crippen LogP contribution is 2.34. The van der Waals surface area contributed by atoms with Crippen molar-refractivity contribution >= 4 is 5.97 Å². The maximum Gasteiger partial charge on any atom is 0.334 e. The number of hydrogen-bond donors (Lipinski definition) is 0. The van der Waals surface area contributed by atoms with Gasteiger partial charge in [0.2, 0.25) is 0 Å². The van der Waals surface area contributed by atoms with Gasteiger partial charge < -0.3 is 4.74 Å². The molecule has 0 amide bonds. The average molecular weight is 232 g/mol. The van der Waals surface area contributed by atoms with Crippen molar-refractivity contribution in [3.63, 3.8) is 0 Å². The van der Waals surface area contributed by atoms with Crippen molar-refractivity contribution in [3.05, 3.63) is 35.5 Å². The quantitative estimate of drug-likeness (QED) is 0.363. The fraction of sp³-hybridized carbons (Fsp3) is 0.533. The van der Waals surface area contributed by atoms with Crippen molar-refractivity contribution < 1.29 is 9.53 Å². The predicted octanol–water partition coefficient (Wildman–Crippen LogP) is 3.55. The van der Waals surface area contributed by atoms with Gasteiger partial charge in [-0.15, -0.1) is 0 Å². The van der Waals surface area contributed by atoms with Crippen LogP contribution in [0.5, 0.6) is 0 Å². The highest BCUT2D eigenvalue weighted by molar-refractivity contribution is 5.90. The monoisotopic (exact) mass is 232 g/mol. The SMILES string of the molecule is C=C1C(=O)O[C@@H]2C/C(C)=C/CC/C(C)=C/C[C@H]12.